The topological polar surface area (TPSA) is 84.0 Å². The van der Waals surface area contributed by atoms with E-state index in [1.54, 1.807) is 13.2 Å². The number of hydrogen-bond acceptors (Lipinski definition) is 5. The van der Waals surface area contributed by atoms with Crippen LogP contribution in [0.4, 0.5) is 11.5 Å². The predicted octanol–water partition coefficient (Wildman–Crippen LogP) is 2.72. The Morgan fingerprint density at radius 2 is 2.05 bits per heavy atom. The summed E-state index contributed by atoms with van der Waals surface area (Å²) in [7, 11) is 1.63. The van der Waals surface area contributed by atoms with E-state index in [2.05, 4.69) is 16.4 Å². The molecule has 0 aliphatic rings. The monoisotopic (exact) mass is 268 g/mol. The largest absolute Gasteiger partial charge is 0.497 e. The minimum absolute atomic E-state index is 0.0177. The van der Waals surface area contributed by atoms with Crippen molar-refractivity contribution in [1.29, 1.82) is 5.26 Å². The van der Waals surface area contributed by atoms with Crippen molar-refractivity contribution in [1.82, 2.24) is 4.98 Å². The number of nitriles is 1. The van der Waals surface area contributed by atoms with E-state index < -0.39 is 0 Å². The lowest BCUT2D eigenvalue weighted by molar-refractivity contribution is 0.414. The number of nitrogen functional groups attached to an aromatic ring is 1. The highest BCUT2D eigenvalue weighted by molar-refractivity contribution is 5.58. The molecule has 2 rings (SSSR count). The number of benzene rings is 1. The van der Waals surface area contributed by atoms with Gasteiger partial charge in [0.25, 0.3) is 0 Å². The molecule has 0 saturated carbocycles. The Labute approximate surface area is 118 Å². The van der Waals surface area contributed by atoms with Gasteiger partial charge in [0.15, 0.2) is 0 Å². The quantitative estimate of drug-likeness (QED) is 0.890. The smallest absolute Gasteiger partial charge is 0.144 e. The van der Waals surface area contributed by atoms with Gasteiger partial charge >= 0.3 is 0 Å². The lowest BCUT2D eigenvalue weighted by atomic mass is 10.1. The molecule has 0 saturated heterocycles. The number of nitrogens with one attached hydrogen (secondary N) is 1. The summed E-state index contributed by atoms with van der Waals surface area (Å²) in [6.45, 7) is 2.00. The Morgan fingerprint density at radius 3 is 2.65 bits per heavy atom. The van der Waals surface area contributed by atoms with Crippen LogP contribution in [-0.4, -0.2) is 12.1 Å². The molecule has 0 aliphatic carbocycles. The normalized spacial score (nSPS) is 11.4. The van der Waals surface area contributed by atoms with Gasteiger partial charge in [-0.25, -0.2) is 4.98 Å². The van der Waals surface area contributed by atoms with E-state index >= 15 is 0 Å². The molecule has 0 amide bonds. The van der Waals surface area contributed by atoms with E-state index in [1.807, 2.05) is 31.2 Å². The fraction of sp³-hybridized carbons (Fsp3) is 0.200. The molecule has 5 nitrogen and oxygen atoms in total. The van der Waals surface area contributed by atoms with Gasteiger partial charge in [0.05, 0.1) is 24.6 Å². The van der Waals surface area contributed by atoms with Gasteiger partial charge in [0.2, 0.25) is 0 Å². The van der Waals surface area contributed by atoms with Crippen LogP contribution in [0.25, 0.3) is 0 Å². The standard InChI is InChI=1S/C15H16N4O/c1-10(11-3-5-14(20-2)6-4-11)19-15-12(8-16)7-13(17)9-18-15/h3-7,9-10H,17H2,1-2H3,(H,18,19). The molecule has 1 heterocycles. The first-order valence-corrected chi connectivity index (χ1v) is 6.20. The summed E-state index contributed by atoms with van der Waals surface area (Å²) in [5.74, 6) is 1.34. The Kier molecular flexibility index (Phi) is 4.06. The van der Waals surface area contributed by atoms with E-state index in [0.717, 1.165) is 11.3 Å². The highest BCUT2D eigenvalue weighted by atomic mass is 16.5. The van der Waals surface area contributed by atoms with Crippen LogP contribution in [0.2, 0.25) is 0 Å². The molecular formula is C15H16N4O. The van der Waals surface area contributed by atoms with E-state index in [1.165, 1.54) is 6.20 Å². The van der Waals surface area contributed by atoms with Crippen molar-refractivity contribution in [2.24, 2.45) is 0 Å². The van der Waals surface area contributed by atoms with Crippen LogP contribution in [0.3, 0.4) is 0 Å². The number of nitrogens with two attached hydrogens (primary N) is 1. The molecule has 1 aromatic heterocycles. The van der Waals surface area contributed by atoms with E-state index in [-0.39, 0.29) is 6.04 Å². The van der Waals surface area contributed by atoms with E-state index in [9.17, 15) is 0 Å². The van der Waals surface area contributed by atoms with Crippen LogP contribution in [0.15, 0.2) is 36.5 Å². The molecule has 20 heavy (non-hydrogen) atoms. The third kappa shape index (κ3) is 2.98. The van der Waals surface area contributed by atoms with Crippen molar-refractivity contribution < 1.29 is 4.74 Å². The first-order valence-electron chi connectivity index (χ1n) is 6.20. The average molecular weight is 268 g/mol. The zero-order valence-corrected chi connectivity index (χ0v) is 11.4. The maximum atomic E-state index is 9.09. The molecule has 102 valence electrons. The molecule has 0 aliphatic heterocycles. The fourth-order valence-corrected chi connectivity index (χ4v) is 1.86. The third-order valence-corrected chi connectivity index (χ3v) is 3.00. The zero-order valence-electron chi connectivity index (χ0n) is 11.4. The molecule has 1 atom stereocenters. The second kappa shape index (κ2) is 5.93. The summed E-state index contributed by atoms with van der Waals surface area (Å²) in [5, 5.41) is 12.3. The van der Waals surface area contributed by atoms with Crippen LogP contribution in [0.1, 0.15) is 24.1 Å². The number of ether oxygens (including phenoxy) is 1. The second-order valence-corrected chi connectivity index (χ2v) is 4.42. The maximum absolute atomic E-state index is 9.09. The van der Waals surface area contributed by atoms with Crippen LogP contribution < -0.4 is 15.8 Å². The van der Waals surface area contributed by atoms with Crippen molar-refractivity contribution >= 4 is 11.5 Å². The Hall–Kier alpha value is -2.74. The van der Waals surface area contributed by atoms with Gasteiger partial charge in [-0.3, -0.25) is 0 Å². The number of methoxy groups -OCH3 is 1. The summed E-state index contributed by atoms with van der Waals surface area (Å²) < 4.78 is 5.13. The molecular weight excluding hydrogens is 252 g/mol. The summed E-state index contributed by atoms with van der Waals surface area (Å²) in [4.78, 5) is 4.16. The number of nitrogens with zero attached hydrogens (tertiary/aromatic N) is 2. The number of aromatic nitrogens is 1. The van der Waals surface area contributed by atoms with Crippen LogP contribution in [0.5, 0.6) is 5.75 Å². The van der Waals surface area contributed by atoms with Gasteiger partial charge in [0.1, 0.15) is 17.6 Å². The van der Waals surface area contributed by atoms with Gasteiger partial charge in [-0.2, -0.15) is 5.26 Å². The maximum Gasteiger partial charge on any atom is 0.144 e. The number of anilines is 2. The molecule has 1 unspecified atom stereocenters. The molecule has 1 aromatic carbocycles. The van der Waals surface area contributed by atoms with Gasteiger partial charge < -0.3 is 15.8 Å². The summed E-state index contributed by atoms with van der Waals surface area (Å²) in [6, 6.07) is 11.5. The first kappa shape index (κ1) is 13.7. The van der Waals surface area contributed by atoms with Crippen LogP contribution >= 0.6 is 0 Å². The summed E-state index contributed by atoms with van der Waals surface area (Å²) >= 11 is 0. The van der Waals surface area contributed by atoms with Crippen molar-refractivity contribution in [3.63, 3.8) is 0 Å². The number of hydrogen-bond donors (Lipinski definition) is 2. The zero-order chi connectivity index (χ0) is 14.5. The number of rotatable bonds is 4. The second-order valence-electron chi connectivity index (χ2n) is 4.42. The van der Waals surface area contributed by atoms with E-state index in [0.29, 0.717) is 17.1 Å². The SMILES string of the molecule is COc1ccc(C(C)Nc2ncc(N)cc2C#N)cc1. The van der Waals surface area contributed by atoms with Gasteiger partial charge in [0, 0.05) is 6.04 Å². The van der Waals surface area contributed by atoms with E-state index in [4.69, 9.17) is 15.7 Å². The highest BCUT2D eigenvalue weighted by Crippen LogP contribution is 2.23. The van der Waals surface area contributed by atoms with Gasteiger partial charge in [-0.1, -0.05) is 12.1 Å². The molecule has 3 N–H and O–H groups in total. The van der Waals surface area contributed by atoms with Crippen LogP contribution in [-0.2, 0) is 0 Å². The highest BCUT2D eigenvalue weighted by Gasteiger charge is 2.10. The molecule has 0 fully saturated rings. The molecule has 5 heteroatoms. The predicted molar refractivity (Wildman–Crippen MR) is 78.4 cm³/mol. The minimum atomic E-state index is 0.0177. The molecule has 0 bridgehead atoms. The number of pyridine rings is 1. The van der Waals surface area contributed by atoms with Gasteiger partial charge in [-0.15, -0.1) is 0 Å². The average Bonchev–Trinajstić information content (AvgIpc) is 2.49. The Morgan fingerprint density at radius 1 is 1.35 bits per heavy atom. The van der Waals surface area contributed by atoms with Crippen molar-refractivity contribution in [2.75, 3.05) is 18.2 Å². The lowest BCUT2D eigenvalue weighted by Crippen LogP contribution is -2.09. The lowest BCUT2D eigenvalue weighted by Gasteiger charge is -2.16. The Balaban J connectivity index is 2.18. The van der Waals surface area contributed by atoms with Crippen LogP contribution in [0, 0.1) is 11.3 Å². The minimum Gasteiger partial charge on any atom is -0.497 e. The Bertz CT molecular complexity index is 631. The molecule has 0 radical (unpaired) electrons. The first-order chi connectivity index (χ1) is 9.63. The molecule has 0 spiro atoms. The fourth-order valence-electron chi connectivity index (χ4n) is 1.86. The summed E-state index contributed by atoms with van der Waals surface area (Å²) in [5.41, 5.74) is 7.61. The van der Waals surface area contributed by atoms with Crippen molar-refractivity contribution in [2.45, 2.75) is 13.0 Å². The van der Waals surface area contributed by atoms with Crippen molar-refractivity contribution in [3.8, 4) is 11.8 Å². The summed E-state index contributed by atoms with van der Waals surface area (Å²) in [6.07, 6.45) is 1.53. The van der Waals surface area contributed by atoms with Gasteiger partial charge in [-0.05, 0) is 30.7 Å². The third-order valence-electron chi connectivity index (χ3n) is 3.00. The van der Waals surface area contributed by atoms with Crippen molar-refractivity contribution in [3.05, 3.63) is 47.7 Å². The molecule has 2 aromatic rings.